The van der Waals surface area contributed by atoms with Crippen LogP contribution in [0.2, 0.25) is 0 Å². The number of benzene rings is 2. The molecule has 0 spiro atoms. The Morgan fingerprint density at radius 2 is 1.12 bits per heavy atom. The molecule has 0 heterocycles. The van der Waals surface area contributed by atoms with Gasteiger partial charge < -0.3 is 4.55 Å². The Morgan fingerprint density at radius 3 is 1.52 bits per heavy atom. The molecule has 3 nitrogen and oxygen atoms in total. The van der Waals surface area contributed by atoms with Gasteiger partial charge in [-0.15, -0.1) is 0 Å². The summed E-state index contributed by atoms with van der Waals surface area (Å²) in [6, 6.07) is 20.8. The van der Waals surface area contributed by atoms with E-state index < -0.39 is 10.1 Å². The SMILES string of the molecule is CCCCCCCCS(=O)(=O)[O-].[IH2+].c1ccc(-c2ccccc2)cc1. The summed E-state index contributed by atoms with van der Waals surface area (Å²) in [5, 5.41) is 0. The van der Waals surface area contributed by atoms with Crippen LogP contribution in [0.5, 0.6) is 0 Å². The maximum absolute atomic E-state index is 10.2. The van der Waals surface area contributed by atoms with Crippen LogP contribution in [0.4, 0.5) is 0 Å². The molecule has 0 aliphatic carbocycles. The molecule has 5 heteroatoms. The van der Waals surface area contributed by atoms with E-state index in [1.54, 1.807) is 0 Å². The highest BCUT2D eigenvalue weighted by atomic mass is 127. The fourth-order valence-corrected chi connectivity index (χ4v) is 2.88. The van der Waals surface area contributed by atoms with Crippen molar-refractivity contribution < 1.29 is 36.9 Å². The minimum Gasteiger partial charge on any atom is -0.748 e. The molecule has 25 heavy (non-hydrogen) atoms. The van der Waals surface area contributed by atoms with E-state index in [2.05, 4.69) is 55.5 Å². The number of hydrogen-bond acceptors (Lipinski definition) is 3. The molecule has 0 radical (unpaired) electrons. The average molecular weight is 476 g/mol. The van der Waals surface area contributed by atoms with Gasteiger partial charge in [-0.2, -0.15) is 0 Å². The Bertz CT molecular complexity index is 606. The average Bonchev–Trinajstić information content (AvgIpc) is 2.59. The highest BCUT2D eigenvalue weighted by Crippen LogP contribution is 2.17. The minimum absolute atomic E-state index is 0. The molecule has 0 saturated heterocycles. The molecule has 0 bridgehead atoms. The maximum Gasteiger partial charge on any atom is 0.235 e. The zero-order valence-electron chi connectivity index (χ0n) is 14.8. The third-order valence-corrected chi connectivity index (χ3v) is 4.42. The Balaban J connectivity index is 0.000000443. The number of unbranched alkanes of at least 4 members (excludes halogenated alkanes) is 5. The highest BCUT2D eigenvalue weighted by Gasteiger charge is 1.95. The van der Waals surface area contributed by atoms with Crippen molar-refractivity contribution in [3.63, 3.8) is 0 Å². The summed E-state index contributed by atoms with van der Waals surface area (Å²) in [7, 11) is -3.97. The molecule has 2 aromatic rings. The third kappa shape index (κ3) is 13.0. The molecule has 2 rings (SSSR count). The van der Waals surface area contributed by atoms with Crippen molar-refractivity contribution in [2.75, 3.05) is 5.75 Å². The lowest BCUT2D eigenvalue weighted by atomic mass is 10.1. The van der Waals surface area contributed by atoms with Crippen LogP contribution in [-0.4, -0.2) is 18.7 Å². The largest absolute Gasteiger partial charge is 0.748 e. The third-order valence-electron chi connectivity index (χ3n) is 3.63. The van der Waals surface area contributed by atoms with E-state index in [1.165, 1.54) is 24.0 Å². The van der Waals surface area contributed by atoms with E-state index in [4.69, 9.17) is 0 Å². The van der Waals surface area contributed by atoms with Crippen LogP contribution < -0.4 is 24.0 Å². The first kappa shape index (κ1) is 24.1. The molecule has 0 aliphatic heterocycles. The van der Waals surface area contributed by atoms with Crippen LogP contribution in [0.1, 0.15) is 45.4 Å². The van der Waals surface area contributed by atoms with Crippen molar-refractivity contribution in [3.8, 4) is 11.1 Å². The van der Waals surface area contributed by atoms with E-state index in [1.807, 2.05) is 12.1 Å². The summed E-state index contributed by atoms with van der Waals surface area (Å²) in [5.41, 5.74) is 2.55. The van der Waals surface area contributed by atoms with Gasteiger partial charge in [0.05, 0.1) is 10.1 Å². The lowest BCUT2D eigenvalue weighted by molar-refractivity contribution is -0.00000933. The quantitative estimate of drug-likeness (QED) is 0.331. The van der Waals surface area contributed by atoms with Crippen LogP contribution in [0, 0.1) is 0 Å². The Morgan fingerprint density at radius 1 is 0.720 bits per heavy atom. The monoisotopic (exact) mass is 476 g/mol. The molecule has 0 aliphatic rings. The zero-order chi connectivity index (χ0) is 17.7. The van der Waals surface area contributed by atoms with E-state index >= 15 is 0 Å². The molecule has 0 fully saturated rings. The van der Waals surface area contributed by atoms with Gasteiger partial charge in [0, 0.05) is 5.75 Å². The van der Waals surface area contributed by atoms with E-state index in [9.17, 15) is 13.0 Å². The molecule has 0 saturated carbocycles. The molecular formula is C20H29IO3S. The van der Waals surface area contributed by atoms with Gasteiger partial charge in [-0.3, -0.25) is 0 Å². The van der Waals surface area contributed by atoms with Gasteiger partial charge in [-0.1, -0.05) is 99.7 Å². The summed E-state index contributed by atoms with van der Waals surface area (Å²) in [5.74, 6) is -0.195. The molecule has 2 aromatic carbocycles. The Labute approximate surface area is 169 Å². The van der Waals surface area contributed by atoms with Crippen molar-refractivity contribution >= 4 is 10.1 Å². The second kappa shape index (κ2) is 14.3. The van der Waals surface area contributed by atoms with Gasteiger partial charge in [0.1, 0.15) is 0 Å². The van der Waals surface area contributed by atoms with Crippen molar-refractivity contribution in [3.05, 3.63) is 60.7 Å². The Hall–Kier alpha value is -0.920. The van der Waals surface area contributed by atoms with Gasteiger partial charge >= 0.3 is 0 Å². The first-order chi connectivity index (χ1) is 11.5. The lowest BCUT2D eigenvalue weighted by Gasteiger charge is -2.05. The van der Waals surface area contributed by atoms with Gasteiger partial charge in [-0.25, -0.2) is 8.42 Å². The summed E-state index contributed by atoms with van der Waals surface area (Å²) in [6.07, 6.45) is 5.96. The summed E-state index contributed by atoms with van der Waals surface area (Å²) in [4.78, 5) is 0. The predicted octanol–water partition coefficient (Wildman–Crippen LogP) is 1.71. The molecule has 0 unspecified atom stereocenters. The first-order valence-electron chi connectivity index (χ1n) is 8.57. The van der Waals surface area contributed by atoms with Crippen LogP contribution in [-0.2, 0) is 10.1 Å². The van der Waals surface area contributed by atoms with Gasteiger partial charge in [0.25, 0.3) is 0 Å². The summed E-state index contributed by atoms with van der Waals surface area (Å²) < 4.78 is 30.5. The predicted molar refractivity (Wildman–Crippen MR) is 103 cm³/mol. The molecular weight excluding hydrogens is 447 g/mol. The first-order valence-corrected chi connectivity index (χ1v) is 10.1. The van der Waals surface area contributed by atoms with Crippen molar-refractivity contribution in [2.45, 2.75) is 45.4 Å². The number of rotatable bonds is 8. The number of hydrogen-bond donors (Lipinski definition) is 0. The lowest BCUT2D eigenvalue weighted by Crippen LogP contribution is -3.00. The smallest absolute Gasteiger partial charge is 0.235 e. The fraction of sp³-hybridized carbons (Fsp3) is 0.400. The van der Waals surface area contributed by atoms with Crippen LogP contribution >= 0.6 is 0 Å². The highest BCUT2D eigenvalue weighted by molar-refractivity contribution is 7.85. The van der Waals surface area contributed by atoms with Crippen LogP contribution in [0.15, 0.2) is 60.7 Å². The molecule has 0 N–H and O–H groups in total. The normalized spacial score (nSPS) is 10.3. The van der Waals surface area contributed by atoms with Crippen molar-refractivity contribution in [1.29, 1.82) is 0 Å². The van der Waals surface area contributed by atoms with Crippen LogP contribution in [0.25, 0.3) is 11.1 Å². The summed E-state index contributed by atoms with van der Waals surface area (Å²) in [6.45, 7) is 2.13. The van der Waals surface area contributed by atoms with E-state index in [0.29, 0.717) is 6.42 Å². The topological polar surface area (TPSA) is 57.2 Å². The molecule has 0 amide bonds. The van der Waals surface area contributed by atoms with Crippen molar-refractivity contribution in [2.24, 2.45) is 0 Å². The van der Waals surface area contributed by atoms with Gasteiger partial charge in [0.2, 0.25) is 24.0 Å². The maximum atomic E-state index is 10.2. The second-order valence-electron chi connectivity index (χ2n) is 5.76. The van der Waals surface area contributed by atoms with Crippen molar-refractivity contribution in [1.82, 2.24) is 0 Å². The standard InChI is InChI=1S/C12H10.C8H18O3S.H2I/c1-3-7-11(8-4-1)12-9-5-2-6-10-12;1-2-3-4-5-6-7-8-12(9,10)11;/h1-10H;2-8H2,1H3,(H,9,10,11);1H2/q;;+1/p-1. The van der Waals surface area contributed by atoms with Crippen LogP contribution in [0.3, 0.4) is 0 Å². The molecule has 140 valence electrons. The van der Waals surface area contributed by atoms with Gasteiger partial charge in [-0.05, 0) is 17.5 Å². The summed E-state index contributed by atoms with van der Waals surface area (Å²) >= 11 is 0. The fourth-order valence-electron chi connectivity index (χ4n) is 2.32. The molecule has 0 aromatic heterocycles. The second-order valence-corrected chi connectivity index (χ2v) is 7.29. The minimum atomic E-state index is -3.97. The van der Waals surface area contributed by atoms with E-state index in [-0.39, 0.29) is 29.7 Å². The van der Waals surface area contributed by atoms with E-state index in [0.717, 1.165) is 19.3 Å². The molecule has 0 atom stereocenters. The Kier molecular flexibility index (Phi) is 13.7. The zero-order valence-corrected chi connectivity index (χ0v) is 18.2. The number of halogens is 1. The van der Waals surface area contributed by atoms with Gasteiger partial charge in [0.15, 0.2) is 0 Å².